The molecule has 6 nitrogen and oxygen atoms in total. The Morgan fingerprint density at radius 1 is 0.964 bits per heavy atom. The first kappa shape index (κ1) is 17.9. The van der Waals surface area contributed by atoms with Crippen LogP contribution in [-0.4, -0.2) is 65.2 Å². The summed E-state index contributed by atoms with van der Waals surface area (Å²) in [5.41, 5.74) is 6.47. The highest BCUT2D eigenvalue weighted by molar-refractivity contribution is 5.95. The van der Waals surface area contributed by atoms with Crippen molar-refractivity contribution >= 4 is 11.6 Å². The van der Waals surface area contributed by atoms with E-state index in [4.69, 9.17) is 0 Å². The molecule has 1 aromatic carbocycles. The number of nitrogens with zero attached hydrogens (tertiary/aromatic N) is 4. The Hall–Kier alpha value is -2.18. The van der Waals surface area contributed by atoms with Gasteiger partial charge in [0.05, 0.1) is 12.2 Å². The fraction of sp³-hybridized carbons (Fsp3) is 0.545. The molecule has 6 heteroatoms. The highest BCUT2D eigenvalue weighted by atomic mass is 16.2. The molecule has 0 radical (unpaired) electrons. The number of aromatic nitrogens is 2. The molecule has 1 saturated heterocycles. The van der Waals surface area contributed by atoms with Crippen molar-refractivity contribution in [2.75, 3.05) is 44.2 Å². The molecule has 0 bridgehead atoms. The summed E-state index contributed by atoms with van der Waals surface area (Å²) in [6.45, 7) is 6.23. The molecule has 1 aliphatic carbocycles. The van der Waals surface area contributed by atoms with Gasteiger partial charge in [-0.2, -0.15) is 5.10 Å². The van der Waals surface area contributed by atoms with E-state index in [9.17, 15) is 4.79 Å². The Morgan fingerprint density at radius 3 is 2.68 bits per heavy atom. The Labute approximate surface area is 166 Å². The average Bonchev–Trinajstić information content (AvgIpc) is 3.34. The number of rotatable bonds is 4. The smallest absolute Gasteiger partial charge is 0.241 e. The van der Waals surface area contributed by atoms with E-state index in [2.05, 4.69) is 38.2 Å². The second-order valence-corrected chi connectivity index (χ2v) is 8.31. The SMILES string of the molecule is O=C(CN1CCN(Cc2n[nH]c3c2CCC3)CC1)N1CCCc2ccccc21. The maximum atomic E-state index is 13.0. The topological polar surface area (TPSA) is 55.5 Å². The van der Waals surface area contributed by atoms with E-state index in [1.165, 1.54) is 35.4 Å². The number of hydrogen-bond acceptors (Lipinski definition) is 4. The van der Waals surface area contributed by atoms with E-state index in [1.807, 2.05) is 11.0 Å². The largest absolute Gasteiger partial charge is 0.311 e. The third kappa shape index (κ3) is 3.47. The number of fused-ring (bicyclic) bond motifs is 2. The van der Waals surface area contributed by atoms with Crippen molar-refractivity contribution in [1.82, 2.24) is 20.0 Å². The van der Waals surface area contributed by atoms with Gasteiger partial charge in [0.25, 0.3) is 0 Å². The summed E-state index contributed by atoms with van der Waals surface area (Å²) in [6.07, 6.45) is 5.72. The van der Waals surface area contributed by atoms with Gasteiger partial charge in [0.1, 0.15) is 0 Å². The minimum Gasteiger partial charge on any atom is -0.311 e. The number of amides is 1. The zero-order valence-corrected chi connectivity index (χ0v) is 16.5. The van der Waals surface area contributed by atoms with Crippen molar-refractivity contribution in [3.05, 3.63) is 46.8 Å². The van der Waals surface area contributed by atoms with E-state index < -0.39 is 0 Å². The number of carbonyl (C=O) groups excluding carboxylic acids is 1. The van der Waals surface area contributed by atoms with Gasteiger partial charge in [-0.05, 0) is 49.3 Å². The molecule has 0 saturated carbocycles. The van der Waals surface area contributed by atoms with E-state index >= 15 is 0 Å². The molecule has 1 N–H and O–H groups in total. The monoisotopic (exact) mass is 379 g/mol. The van der Waals surface area contributed by atoms with E-state index in [-0.39, 0.29) is 5.91 Å². The van der Waals surface area contributed by atoms with Crippen LogP contribution in [0.1, 0.15) is 35.4 Å². The summed E-state index contributed by atoms with van der Waals surface area (Å²) in [6, 6.07) is 8.35. The number of piperazine rings is 1. The van der Waals surface area contributed by atoms with Crippen LogP contribution in [-0.2, 0) is 30.6 Å². The van der Waals surface area contributed by atoms with Crippen LogP contribution in [0.2, 0.25) is 0 Å². The average molecular weight is 380 g/mol. The first-order valence-electron chi connectivity index (χ1n) is 10.7. The maximum Gasteiger partial charge on any atom is 0.241 e. The van der Waals surface area contributed by atoms with Crippen LogP contribution in [0.25, 0.3) is 0 Å². The van der Waals surface area contributed by atoms with E-state index in [1.54, 1.807) is 0 Å². The van der Waals surface area contributed by atoms with Gasteiger partial charge in [-0.1, -0.05) is 18.2 Å². The number of anilines is 1. The van der Waals surface area contributed by atoms with Crippen LogP contribution < -0.4 is 4.90 Å². The summed E-state index contributed by atoms with van der Waals surface area (Å²) in [5, 5.41) is 7.76. The number of H-pyrrole nitrogens is 1. The molecular weight excluding hydrogens is 350 g/mol. The number of para-hydroxylation sites is 1. The molecule has 0 atom stereocenters. The Morgan fingerprint density at radius 2 is 1.79 bits per heavy atom. The number of aromatic amines is 1. The van der Waals surface area contributed by atoms with Gasteiger partial charge in [-0.25, -0.2) is 0 Å². The Kier molecular flexibility index (Phi) is 4.91. The fourth-order valence-electron chi connectivity index (χ4n) is 4.91. The third-order valence-corrected chi connectivity index (χ3v) is 6.50. The standard InChI is InChI=1S/C22H29N5O/c28-22(27-10-4-6-17-5-1-2-9-21(17)27)16-26-13-11-25(12-14-26)15-20-18-7-3-8-19(18)23-24-20/h1-2,5,9H,3-4,6-8,10-16H2,(H,23,24). The van der Waals surface area contributed by atoms with Gasteiger partial charge in [-0.15, -0.1) is 0 Å². The predicted octanol–water partition coefficient (Wildman–Crippen LogP) is 2.00. The zero-order valence-electron chi connectivity index (χ0n) is 16.5. The molecule has 3 heterocycles. The molecule has 0 unspecified atom stereocenters. The maximum absolute atomic E-state index is 13.0. The molecular formula is C22H29N5O. The van der Waals surface area contributed by atoms with Gasteiger partial charge < -0.3 is 4.90 Å². The molecule has 0 spiro atoms. The molecule has 1 aromatic heterocycles. The first-order chi connectivity index (χ1) is 13.8. The lowest BCUT2D eigenvalue weighted by molar-refractivity contribution is -0.120. The van der Waals surface area contributed by atoms with Gasteiger partial charge in [0, 0.05) is 50.6 Å². The second kappa shape index (κ2) is 7.68. The number of hydrogen-bond donors (Lipinski definition) is 1. The van der Waals surface area contributed by atoms with Crippen molar-refractivity contribution in [3.8, 4) is 0 Å². The zero-order chi connectivity index (χ0) is 18.9. The van der Waals surface area contributed by atoms with Gasteiger partial charge >= 0.3 is 0 Å². The summed E-state index contributed by atoms with van der Waals surface area (Å²) in [5.74, 6) is 0.241. The molecule has 28 heavy (non-hydrogen) atoms. The highest BCUT2D eigenvalue weighted by Crippen LogP contribution is 2.27. The van der Waals surface area contributed by atoms with Gasteiger partial charge in [0.2, 0.25) is 5.91 Å². The minimum absolute atomic E-state index is 0.241. The van der Waals surface area contributed by atoms with Gasteiger partial charge in [0.15, 0.2) is 0 Å². The quantitative estimate of drug-likeness (QED) is 0.883. The van der Waals surface area contributed by atoms with Crippen LogP contribution in [0.3, 0.4) is 0 Å². The van der Waals surface area contributed by atoms with Crippen molar-refractivity contribution in [1.29, 1.82) is 0 Å². The van der Waals surface area contributed by atoms with E-state index in [0.29, 0.717) is 6.54 Å². The number of benzene rings is 1. The molecule has 5 rings (SSSR count). The van der Waals surface area contributed by atoms with Crippen molar-refractivity contribution < 1.29 is 4.79 Å². The Balaban J connectivity index is 1.15. The molecule has 3 aliphatic rings. The summed E-state index contributed by atoms with van der Waals surface area (Å²) < 4.78 is 0. The van der Waals surface area contributed by atoms with Crippen molar-refractivity contribution in [2.24, 2.45) is 0 Å². The summed E-state index contributed by atoms with van der Waals surface area (Å²) in [4.78, 5) is 19.7. The lowest BCUT2D eigenvalue weighted by Crippen LogP contribution is -2.50. The number of carbonyl (C=O) groups is 1. The lowest BCUT2D eigenvalue weighted by Gasteiger charge is -2.36. The third-order valence-electron chi connectivity index (χ3n) is 6.50. The fourth-order valence-corrected chi connectivity index (χ4v) is 4.91. The normalized spacial score (nSPS) is 20.2. The van der Waals surface area contributed by atoms with Crippen LogP contribution in [0.4, 0.5) is 5.69 Å². The molecule has 1 fully saturated rings. The summed E-state index contributed by atoms with van der Waals surface area (Å²) >= 11 is 0. The van der Waals surface area contributed by atoms with E-state index in [0.717, 1.165) is 64.2 Å². The lowest BCUT2D eigenvalue weighted by atomic mass is 10.0. The van der Waals surface area contributed by atoms with Crippen LogP contribution in [0, 0.1) is 0 Å². The molecule has 2 aliphatic heterocycles. The minimum atomic E-state index is 0.241. The second-order valence-electron chi connectivity index (χ2n) is 8.31. The van der Waals surface area contributed by atoms with Gasteiger partial charge in [-0.3, -0.25) is 19.7 Å². The van der Waals surface area contributed by atoms with Crippen LogP contribution in [0.5, 0.6) is 0 Å². The Bertz CT molecular complexity index is 852. The van der Waals surface area contributed by atoms with Crippen molar-refractivity contribution in [3.63, 3.8) is 0 Å². The molecule has 148 valence electrons. The van der Waals surface area contributed by atoms with Crippen LogP contribution >= 0.6 is 0 Å². The van der Waals surface area contributed by atoms with Crippen LogP contribution in [0.15, 0.2) is 24.3 Å². The number of nitrogens with one attached hydrogen (secondary N) is 1. The number of aryl methyl sites for hydroxylation is 2. The highest BCUT2D eigenvalue weighted by Gasteiger charge is 2.26. The molecule has 2 aromatic rings. The predicted molar refractivity (Wildman–Crippen MR) is 109 cm³/mol. The summed E-state index contributed by atoms with van der Waals surface area (Å²) in [7, 11) is 0. The first-order valence-corrected chi connectivity index (χ1v) is 10.7. The molecule has 1 amide bonds. The van der Waals surface area contributed by atoms with Crippen molar-refractivity contribution in [2.45, 2.75) is 38.6 Å².